The van der Waals surface area contributed by atoms with Gasteiger partial charge in [0.25, 0.3) is 0 Å². The van der Waals surface area contributed by atoms with Gasteiger partial charge in [-0.2, -0.15) is 0 Å². The van der Waals surface area contributed by atoms with E-state index < -0.39 is 11.9 Å². The molecule has 0 spiro atoms. The third kappa shape index (κ3) is 4.81. The Morgan fingerprint density at radius 2 is 2.00 bits per heavy atom. The minimum Gasteiger partial charge on any atom is -0.380 e. The van der Waals surface area contributed by atoms with E-state index in [4.69, 9.17) is 15.5 Å². The molecule has 0 saturated carbocycles. The van der Waals surface area contributed by atoms with E-state index in [1.807, 2.05) is 31.2 Å². The molecule has 1 aromatic heterocycles. The lowest BCUT2D eigenvalue weighted by atomic mass is 10.0. The number of aryl methyl sites for hydroxylation is 1. The standard InChI is InChI=1S/C22H27FN4O2/c1-4-29-10-9-27-20-12-17(16-6-5-14(2)18(23)11-16)7-8-19(20)26-21(27)13-25-15(3)22(24)28/h5-8,11-12,15,25H,4,9-10,13H2,1-3H3,(H2,24,28)/t15-/m0/s1. The highest BCUT2D eigenvalue weighted by molar-refractivity contribution is 5.83. The number of aromatic nitrogens is 2. The van der Waals surface area contributed by atoms with E-state index in [-0.39, 0.29) is 5.82 Å². The Morgan fingerprint density at radius 3 is 2.69 bits per heavy atom. The van der Waals surface area contributed by atoms with E-state index in [9.17, 15) is 9.18 Å². The number of halogens is 1. The number of imidazole rings is 1. The number of hydrogen-bond donors (Lipinski definition) is 2. The van der Waals surface area contributed by atoms with Crippen molar-refractivity contribution in [2.24, 2.45) is 5.73 Å². The molecule has 0 aliphatic rings. The van der Waals surface area contributed by atoms with Crippen molar-refractivity contribution in [3.8, 4) is 11.1 Å². The van der Waals surface area contributed by atoms with Gasteiger partial charge >= 0.3 is 0 Å². The van der Waals surface area contributed by atoms with E-state index in [0.717, 1.165) is 28.0 Å². The van der Waals surface area contributed by atoms with Gasteiger partial charge in [-0.3, -0.25) is 10.1 Å². The zero-order valence-corrected chi connectivity index (χ0v) is 17.0. The molecule has 0 radical (unpaired) electrons. The third-order valence-electron chi connectivity index (χ3n) is 4.99. The van der Waals surface area contributed by atoms with Crippen molar-refractivity contribution in [3.05, 3.63) is 53.6 Å². The number of hydrogen-bond acceptors (Lipinski definition) is 4. The fraction of sp³-hybridized carbons (Fsp3) is 0.364. The highest BCUT2D eigenvalue weighted by Crippen LogP contribution is 2.26. The monoisotopic (exact) mass is 398 g/mol. The number of nitrogens with two attached hydrogens (primary N) is 1. The summed E-state index contributed by atoms with van der Waals surface area (Å²) >= 11 is 0. The highest BCUT2D eigenvalue weighted by atomic mass is 19.1. The second-order valence-electron chi connectivity index (χ2n) is 7.05. The van der Waals surface area contributed by atoms with Crippen molar-refractivity contribution in [2.75, 3.05) is 13.2 Å². The van der Waals surface area contributed by atoms with Gasteiger partial charge in [-0.05, 0) is 55.7 Å². The normalized spacial score (nSPS) is 12.4. The Labute approximate surface area is 169 Å². The van der Waals surface area contributed by atoms with E-state index >= 15 is 0 Å². The molecule has 3 rings (SSSR count). The van der Waals surface area contributed by atoms with Crippen LogP contribution in [0.25, 0.3) is 22.2 Å². The molecular formula is C22H27FN4O2. The molecule has 0 bridgehead atoms. The number of carbonyl (C=O) groups is 1. The maximum absolute atomic E-state index is 14.0. The van der Waals surface area contributed by atoms with Crippen molar-refractivity contribution >= 4 is 16.9 Å². The lowest BCUT2D eigenvalue weighted by molar-refractivity contribution is -0.119. The van der Waals surface area contributed by atoms with Crippen LogP contribution in [0, 0.1) is 12.7 Å². The summed E-state index contributed by atoms with van der Waals surface area (Å²) in [7, 11) is 0. The molecule has 0 aliphatic heterocycles. The number of fused-ring (bicyclic) bond motifs is 1. The van der Waals surface area contributed by atoms with Crippen LogP contribution in [0.3, 0.4) is 0 Å². The van der Waals surface area contributed by atoms with Gasteiger partial charge in [0.05, 0.1) is 30.2 Å². The molecule has 7 heteroatoms. The van der Waals surface area contributed by atoms with Crippen LogP contribution in [0.15, 0.2) is 36.4 Å². The average Bonchev–Trinajstić information content (AvgIpc) is 3.05. The first-order chi connectivity index (χ1) is 13.9. The molecule has 0 unspecified atom stereocenters. The van der Waals surface area contributed by atoms with Crippen LogP contribution in [-0.4, -0.2) is 34.7 Å². The first kappa shape index (κ1) is 21.0. The van der Waals surface area contributed by atoms with Crippen LogP contribution >= 0.6 is 0 Å². The molecule has 154 valence electrons. The molecule has 29 heavy (non-hydrogen) atoms. The molecule has 6 nitrogen and oxygen atoms in total. The summed E-state index contributed by atoms with van der Waals surface area (Å²) in [4.78, 5) is 16.0. The van der Waals surface area contributed by atoms with Crippen LogP contribution < -0.4 is 11.1 Å². The Morgan fingerprint density at radius 1 is 1.28 bits per heavy atom. The van der Waals surface area contributed by atoms with Crippen molar-refractivity contribution in [1.82, 2.24) is 14.9 Å². The van der Waals surface area contributed by atoms with Crippen molar-refractivity contribution in [3.63, 3.8) is 0 Å². The molecule has 1 heterocycles. The Bertz CT molecular complexity index is 1020. The average molecular weight is 398 g/mol. The molecule has 0 aliphatic carbocycles. The predicted octanol–water partition coefficient (Wildman–Crippen LogP) is 3.15. The number of benzene rings is 2. The Kier molecular flexibility index (Phi) is 6.61. The van der Waals surface area contributed by atoms with Gasteiger partial charge in [0.1, 0.15) is 11.6 Å². The van der Waals surface area contributed by atoms with Crippen LogP contribution in [0.4, 0.5) is 4.39 Å². The van der Waals surface area contributed by atoms with E-state index in [1.54, 1.807) is 26.0 Å². The van der Waals surface area contributed by atoms with Gasteiger partial charge in [-0.1, -0.05) is 18.2 Å². The summed E-state index contributed by atoms with van der Waals surface area (Å²) in [5.74, 6) is 0.156. The lowest BCUT2D eigenvalue weighted by Crippen LogP contribution is -2.38. The van der Waals surface area contributed by atoms with Gasteiger partial charge in [0.15, 0.2) is 0 Å². The quantitative estimate of drug-likeness (QED) is 0.543. The van der Waals surface area contributed by atoms with Crippen LogP contribution in [0.5, 0.6) is 0 Å². The molecule has 3 N–H and O–H groups in total. The second-order valence-corrected chi connectivity index (χ2v) is 7.05. The number of nitrogens with zero attached hydrogens (tertiary/aromatic N) is 2. The lowest BCUT2D eigenvalue weighted by Gasteiger charge is -2.13. The maximum atomic E-state index is 14.0. The SMILES string of the molecule is CCOCCn1c(CN[C@@H](C)C(N)=O)nc2ccc(-c3ccc(C)c(F)c3)cc21. The summed E-state index contributed by atoms with van der Waals surface area (Å²) < 4.78 is 21.6. The second kappa shape index (κ2) is 9.15. The molecular weight excluding hydrogens is 371 g/mol. The van der Waals surface area contributed by atoms with Gasteiger partial charge in [0.2, 0.25) is 5.91 Å². The summed E-state index contributed by atoms with van der Waals surface area (Å²) in [6, 6.07) is 10.7. The summed E-state index contributed by atoms with van der Waals surface area (Å²) in [6.45, 7) is 7.62. The largest absolute Gasteiger partial charge is 0.380 e. The molecule has 1 amide bonds. The molecule has 0 fully saturated rings. The summed E-state index contributed by atoms with van der Waals surface area (Å²) in [6.07, 6.45) is 0. The number of nitrogens with one attached hydrogen (secondary N) is 1. The summed E-state index contributed by atoms with van der Waals surface area (Å²) in [5.41, 5.74) is 9.46. The number of amides is 1. The molecule has 2 aromatic carbocycles. The van der Waals surface area contributed by atoms with Gasteiger partial charge in [-0.25, -0.2) is 9.37 Å². The van der Waals surface area contributed by atoms with Crippen molar-refractivity contribution in [2.45, 2.75) is 39.9 Å². The van der Waals surface area contributed by atoms with Gasteiger partial charge < -0.3 is 15.0 Å². The van der Waals surface area contributed by atoms with Crippen LogP contribution in [0.1, 0.15) is 25.2 Å². The molecule has 1 atom stereocenters. The minimum absolute atomic E-state index is 0.224. The fourth-order valence-electron chi connectivity index (χ4n) is 3.15. The smallest absolute Gasteiger partial charge is 0.234 e. The minimum atomic E-state index is -0.457. The number of carbonyl (C=O) groups excluding carboxylic acids is 1. The predicted molar refractivity (Wildman–Crippen MR) is 112 cm³/mol. The number of ether oxygens (including phenoxy) is 1. The van der Waals surface area contributed by atoms with Gasteiger partial charge in [0, 0.05) is 13.2 Å². The van der Waals surface area contributed by atoms with E-state index in [1.165, 1.54) is 0 Å². The first-order valence-electron chi connectivity index (χ1n) is 9.76. The Hall–Kier alpha value is -2.77. The van der Waals surface area contributed by atoms with E-state index in [0.29, 0.717) is 31.9 Å². The maximum Gasteiger partial charge on any atom is 0.234 e. The van der Waals surface area contributed by atoms with Crippen molar-refractivity contribution in [1.29, 1.82) is 0 Å². The topological polar surface area (TPSA) is 82.2 Å². The Balaban J connectivity index is 1.98. The zero-order valence-electron chi connectivity index (χ0n) is 17.0. The van der Waals surface area contributed by atoms with Gasteiger partial charge in [-0.15, -0.1) is 0 Å². The number of primary amides is 1. The van der Waals surface area contributed by atoms with Crippen LogP contribution in [0.2, 0.25) is 0 Å². The number of rotatable bonds is 9. The first-order valence-corrected chi connectivity index (χ1v) is 9.76. The van der Waals surface area contributed by atoms with E-state index in [2.05, 4.69) is 9.88 Å². The molecule has 3 aromatic rings. The fourth-order valence-corrected chi connectivity index (χ4v) is 3.15. The molecule has 0 saturated heterocycles. The third-order valence-corrected chi connectivity index (χ3v) is 4.99. The summed E-state index contributed by atoms with van der Waals surface area (Å²) in [5, 5.41) is 3.10. The van der Waals surface area contributed by atoms with Crippen LogP contribution in [-0.2, 0) is 22.6 Å². The highest BCUT2D eigenvalue weighted by Gasteiger charge is 2.15. The van der Waals surface area contributed by atoms with Crippen molar-refractivity contribution < 1.29 is 13.9 Å². The zero-order chi connectivity index (χ0) is 21.0.